The van der Waals surface area contributed by atoms with E-state index in [1.54, 1.807) is 10.8 Å². The summed E-state index contributed by atoms with van der Waals surface area (Å²) in [6, 6.07) is 4.42. The van der Waals surface area contributed by atoms with Crippen molar-refractivity contribution in [1.82, 2.24) is 19.8 Å². The van der Waals surface area contributed by atoms with E-state index in [-0.39, 0.29) is 5.60 Å². The smallest absolute Gasteiger partial charge is 0.177 e. The number of fused-ring (bicyclic) bond motifs is 1. The van der Waals surface area contributed by atoms with Crippen LogP contribution in [0.4, 0.5) is 5.82 Å². The maximum Gasteiger partial charge on any atom is 0.177 e. The zero-order chi connectivity index (χ0) is 14.3. The first kappa shape index (κ1) is 13.3. The van der Waals surface area contributed by atoms with E-state index in [0.717, 1.165) is 24.3 Å². The van der Waals surface area contributed by atoms with E-state index in [4.69, 9.17) is 4.74 Å². The van der Waals surface area contributed by atoms with Crippen LogP contribution in [0.5, 0.6) is 0 Å². The lowest BCUT2D eigenvalue weighted by molar-refractivity contribution is -0.0981. The monoisotopic (exact) mass is 275 g/mol. The molecule has 3 rings (SSSR count). The lowest BCUT2D eigenvalue weighted by Crippen LogP contribution is -2.49. The number of rotatable bonds is 3. The maximum atomic E-state index is 5.98. The third-order valence-electron chi connectivity index (χ3n) is 3.65. The van der Waals surface area contributed by atoms with E-state index < -0.39 is 0 Å². The average molecular weight is 275 g/mol. The molecule has 1 aliphatic rings. The lowest BCUT2D eigenvalue weighted by Gasteiger charge is -2.43. The molecule has 6 heteroatoms. The van der Waals surface area contributed by atoms with Crippen molar-refractivity contribution in [1.29, 1.82) is 0 Å². The molecule has 6 nitrogen and oxygen atoms in total. The summed E-state index contributed by atoms with van der Waals surface area (Å²) in [6.07, 6.45) is 4.09. The first-order valence-corrected chi connectivity index (χ1v) is 7.00. The van der Waals surface area contributed by atoms with Crippen molar-refractivity contribution < 1.29 is 4.74 Å². The second-order valence-electron chi connectivity index (χ2n) is 6.41. The van der Waals surface area contributed by atoms with Gasteiger partial charge in [0.25, 0.3) is 0 Å². The van der Waals surface area contributed by atoms with Gasteiger partial charge in [-0.2, -0.15) is 4.52 Å². The van der Waals surface area contributed by atoms with Crippen molar-refractivity contribution in [2.75, 3.05) is 11.9 Å². The zero-order valence-electron chi connectivity index (χ0n) is 12.4. The lowest BCUT2D eigenvalue weighted by atomic mass is 9.87. The highest BCUT2D eigenvalue weighted by molar-refractivity contribution is 5.45. The van der Waals surface area contributed by atoms with Gasteiger partial charge in [-0.1, -0.05) is 0 Å². The van der Waals surface area contributed by atoms with Crippen LogP contribution >= 0.6 is 0 Å². The molecule has 0 atom stereocenters. The predicted molar refractivity (Wildman–Crippen MR) is 76.8 cm³/mol. The molecule has 1 saturated carbocycles. The van der Waals surface area contributed by atoms with Crippen molar-refractivity contribution in [2.45, 2.75) is 51.4 Å². The zero-order valence-corrected chi connectivity index (χ0v) is 12.4. The average Bonchev–Trinajstić information content (AvgIpc) is 2.78. The van der Waals surface area contributed by atoms with Gasteiger partial charge in [0.2, 0.25) is 0 Å². The Hall–Kier alpha value is -1.69. The number of ether oxygens (including phenoxy) is 1. The maximum absolute atomic E-state index is 5.98. The van der Waals surface area contributed by atoms with Crippen molar-refractivity contribution in [3.05, 3.63) is 18.5 Å². The van der Waals surface area contributed by atoms with Crippen LogP contribution in [0.3, 0.4) is 0 Å². The molecule has 0 N–H and O–H groups in total. The van der Waals surface area contributed by atoms with Gasteiger partial charge in [0, 0.05) is 13.1 Å². The number of hydrogen-bond donors (Lipinski definition) is 0. The molecule has 0 saturated heterocycles. The highest BCUT2D eigenvalue weighted by atomic mass is 16.5. The summed E-state index contributed by atoms with van der Waals surface area (Å²) in [4.78, 5) is 2.21. The second kappa shape index (κ2) is 4.70. The van der Waals surface area contributed by atoms with Gasteiger partial charge in [0.1, 0.15) is 12.1 Å². The Bertz CT molecular complexity index is 597. The van der Waals surface area contributed by atoms with Gasteiger partial charge in [-0.3, -0.25) is 0 Å². The van der Waals surface area contributed by atoms with Gasteiger partial charge in [-0.15, -0.1) is 15.3 Å². The molecule has 108 valence electrons. The van der Waals surface area contributed by atoms with E-state index in [9.17, 15) is 0 Å². The Morgan fingerprint density at radius 2 is 2.05 bits per heavy atom. The van der Waals surface area contributed by atoms with Crippen LogP contribution in [0.1, 0.15) is 33.6 Å². The van der Waals surface area contributed by atoms with Crippen molar-refractivity contribution in [3.8, 4) is 0 Å². The predicted octanol–water partition coefficient (Wildman–Crippen LogP) is 1.91. The third kappa shape index (κ3) is 2.60. The number of hydrogen-bond acceptors (Lipinski definition) is 5. The summed E-state index contributed by atoms with van der Waals surface area (Å²) in [5.41, 5.74) is 0.707. The Morgan fingerprint density at radius 3 is 2.75 bits per heavy atom. The van der Waals surface area contributed by atoms with E-state index in [2.05, 4.69) is 48.0 Å². The van der Waals surface area contributed by atoms with Gasteiger partial charge in [-0.25, -0.2) is 0 Å². The molecule has 1 aliphatic carbocycles. The minimum atomic E-state index is -0.0617. The summed E-state index contributed by atoms with van der Waals surface area (Å²) in [5.74, 6) is 0.941. The summed E-state index contributed by atoms with van der Waals surface area (Å²) >= 11 is 0. The third-order valence-corrected chi connectivity index (χ3v) is 3.65. The molecule has 0 unspecified atom stereocenters. The fourth-order valence-corrected chi connectivity index (χ4v) is 2.54. The molecule has 0 aromatic carbocycles. The van der Waals surface area contributed by atoms with Crippen molar-refractivity contribution in [3.63, 3.8) is 0 Å². The standard InChI is InChI=1S/C14H21N5O/c1-14(2,3)20-11-7-10(8-11)18(4)13-6-5-12-16-15-9-19(12)17-13/h5-6,9-11H,7-8H2,1-4H3. The summed E-state index contributed by atoms with van der Waals surface area (Å²) in [5, 5.41) is 12.3. The molecule has 2 heterocycles. The van der Waals surface area contributed by atoms with Crippen LogP contribution in [0.25, 0.3) is 5.65 Å². The topological polar surface area (TPSA) is 55.6 Å². The van der Waals surface area contributed by atoms with Crippen LogP contribution in [-0.2, 0) is 4.74 Å². The molecule has 2 aromatic heterocycles. The Balaban J connectivity index is 1.64. The largest absolute Gasteiger partial charge is 0.372 e. The van der Waals surface area contributed by atoms with E-state index >= 15 is 0 Å². The van der Waals surface area contributed by atoms with Crippen LogP contribution in [0.15, 0.2) is 18.5 Å². The number of aromatic nitrogens is 4. The highest BCUT2D eigenvalue weighted by Crippen LogP contribution is 2.32. The SMILES string of the molecule is CN(c1ccc2nncn2n1)C1CC(OC(C)(C)C)C1. The quantitative estimate of drug-likeness (QED) is 0.856. The first-order chi connectivity index (χ1) is 9.42. The minimum absolute atomic E-state index is 0.0617. The molecule has 0 bridgehead atoms. The van der Waals surface area contributed by atoms with E-state index in [0.29, 0.717) is 12.1 Å². The minimum Gasteiger partial charge on any atom is -0.372 e. The first-order valence-electron chi connectivity index (χ1n) is 7.00. The molecule has 0 amide bonds. The molecule has 2 aromatic rings. The number of anilines is 1. The highest BCUT2D eigenvalue weighted by Gasteiger charge is 2.35. The van der Waals surface area contributed by atoms with Gasteiger partial charge in [0.05, 0.1) is 11.7 Å². The second-order valence-corrected chi connectivity index (χ2v) is 6.41. The summed E-state index contributed by atoms with van der Waals surface area (Å²) < 4.78 is 7.68. The van der Waals surface area contributed by atoms with Crippen molar-refractivity contribution in [2.24, 2.45) is 0 Å². The summed E-state index contributed by atoms with van der Waals surface area (Å²) in [6.45, 7) is 6.31. The Morgan fingerprint density at radius 1 is 1.30 bits per heavy atom. The van der Waals surface area contributed by atoms with Crippen LogP contribution < -0.4 is 4.90 Å². The van der Waals surface area contributed by atoms with Crippen LogP contribution in [0, 0.1) is 0 Å². The van der Waals surface area contributed by atoms with Crippen LogP contribution in [-0.4, -0.2) is 44.6 Å². The fourth-order valence-electron chi connectivity index (χ4n) is 2.54. The van der Waals surface area contributed by atoms with Gasteiger partial charge < -0.3 is 9.64 Å². The van der Waals surface area contributed by atoms with E-state index in [1.165, 1.54) is 0 Å². The molecule has 1 fully saturated rings. The molecular weight excluding hydrogens is 254 g/mol. The summed E-state index contributed by atoms with van der Waals surface area (Å²) in [7, 11) is 2.08. The van der Waals surface area contributed by atoms with Crippen molar-refractivity contribution >= 4 is 11.5 Å². The molecule has 0 spiro atoms. The normalized spacial score (nSPS) is 22.8. The Labute approximate surface area is 118 Å². The number of nitrogens with zero attached hydrogens (tertiary/aromatic N) is 5. The Kier molecular flexibility index (Phi) is 3.12. The van der Waals surface area contributed by atoms with Crippen LogP contribution in [0.2, 0.25) is 0 Å². The molecule has 20 heavy (non-hydrogen) atoms. The molecule has 0 radical (unpaired) electrons. The molecule has 0 aliphatic heterocycles. The van der Waals surface area contributed by atoms with Gasteiger partial charge in [0.15, 0.2) is 5.65 Å². The fraction of sp³-hybridized carbons (Fsp3) is 0.643. The van der Waals surface area contributed by atoms with Gasteiger partial charge in [-0.05, 0) is 45.7 Å². The molecular formula is C14H21N5O. The van der Waals surface area contributed by atoms with E-state index in [1.807, 2.05) is 12.1 Å². The van der Waals surface area contributed by atoms with Gasteiger partial charge >= 0.3 is 0 Å².